The molecule has 0 heterocycles. The Hall–Kier alpha value is -1.13. The second-order valence-corrected chi connectivity index (χ2v) is 3.53. The molecule has 76 valence electrons. The van der Waals surface area contributed by atoms with Crippen LogP contribution in [0.4, 0.5) is 5.69 Å². The van der Waals surface area contributed by atoms with Gasteiger partial charge >= 0.3 is 0 Å². The summed E-state index contributed by atoms with van der Waals surface area (Å²) in [5, 5.41) is 11.2. The van der Waals surface area contributed by atoms with E-state index in [2.05, 4.69) is 0 Å². The minimum atomic E-state index is -0.419. The average Bonchev–Trinajstić information content (AvgIpc) is 2.16. The second kappa shape index (κ2) is 4.39. The van der Waals surface area contributed by atoms with E-state index in [9.17, 15) is 10.1 Å². The highest BCUT2D eigenvalue weighted by Gasteiger charge is 2.17. The zero-order chi connectivity index (χ0) is 10.7. The van der Waals surface area contributed by atoms with Gasteiger partial charge in [0.15, 0.2) is 0 Å². The molecule has 2 N–H and O–H groups in total. The molecule has 5 heteroatoms. The van der Waals surface area contributed by atoms with E-state index in [1.165, 1.54) is 12.1 Å². The Bertz CT molecular complexity index is 355. The predicted octanol–water partition coefficient (Wildman–Crippen LogP) is 2.31. The Morgan fingerprint density at radius 1 is 1.64 bits per heavy atom. The molecule has 0 spiro atoms. The summed E-state index contributed by atoms with van der Waals surface area (Å²) in [5.74, 6) is -0.0610. The lowest BCUT2D eigenvalue weighted by Crippen LogP contribution is -2.10. The number of rotatable bonds is 3. The summed E-state index contributed by atoms with van der Waals surface area (Å²) >= 11 is 5.76. The topological polar surface area (TPSA) is 69.2 Å². The summed E-state index contributed by atoms with van der Waals surface area (Å²) in [6, 6.07) is 4.51. The first kappa shape index (κ1) is 10.9. The molecule has 0 aliphatic carbocycles. The molecule has 1 aromatic carbocycles. The van der Waals surface area contributed by atoms with Crippen LogP contribution in [-0.4, -0.2) is 11.5 Å². The highest BCUT2D eigenvalue weighted by atomic mass is 35.5. The molecule has 0 aliphatic rings. The van der Waals surface area contributed by atoms with Crippen LogP contribution in [0.1, 0.15) is 18.4 Å². The van der Waals surface area contributed by atoms with Crippen molar-refractivity contribution in [1.29, 1.82) is 0 Å². The molecule has 0 saturated heterocycles. The van der Waals surface area contributed by atoms with Crippen LogP contribution >= 0.6 is 11.6 Å². The SMILES string of the molecule is CC(CN)c1cc(Cl)ccc1[N+](=O)[O-]. The average molecular weight is 215 g/mol. The van der Waals surface area contributed by atoms with Gasteiger partial charge in [-0.05, 0) is 18.7 Å². The molecule has 14 heavy (non-hydrogen) atoms. The summed E-state index contributed by atoms with van der Waals surface area (Å²) in [5.41, 5.74) is 6.12. The molecular weight excluding hydrogens is 204 g/mol. The van der Waals surface area contributed by atoms with Gasteiger partial charge in [0.1, 0.15) is 0 Å². The molecule has 0 radical (unpaired) electrons. The number of halogens is 1. The minimum absolute atomic E-state index is 0.0610. The van der Waals surface area contributed by atoms with Gasteiger partial charge in [0.05, 0.1) is 4.92 Å². The maximum absolute atomic E-state index is 10.7. The monoisotopic (exact) mass is 214 g/mol. The van der Waals surface area contributed by atoms with Crippen molar-refractivity contribution >= 4 is 17.3 Å². The van der Waals surface area contributed by atoms with Crippen LogP contribution in [0.5, 0.6) is 0 Å². The number of nitro groups is 1. The zero-order valence-corrected chi connectivity index (χ0v) is 8.49. The van der Waals surface area contributed by atoms with Gasteiger partial charge in [0.25, 0.3) is 5.69 Å². The van der Waals surface area contributed by atoms with Gasteiger partial charge in [-0.1, -0.05) is 18.5 Å². The van der Waals surface area contributed by atoms with Gasteiger partial charge in [-0.3, -0.25) is 10.1 Å². The van der Waals surface area contributed by atoms with Crippen LogP contribution < -0.4 is 5.73 Å². The van der Waals surface area contributed by atoms with Crippen molar-refractivity contribution in [2.75, 3.05) is 6.54 Å². The first-order valence-electron chi connectivity index (χ1n) is 4.20. The van der Waals surface area contributed by atoms with E-state index in [0.29, 0.717) is 17.1 Å². The molecule has 0 amide bonds. The van der Waals surface area contributed by atoms with E-state index >= 15 is 0 Å². The van der Waals surface area contributed by atoms with Crippen LogP contribution in [0.3, 0.4) is 0 Å². The standard InChI is InChI=1S/C9H11ClN2O2/c1-6(5-11)8-4-7(10)2-3-9(8)12(13)14/h2-4,6H,5,11H2,1H3. The van der Waals surface area contributed by atoms with Crippen molar-refractivity contribution in [3.63, 3.8) is 0 Å². The number of benzene rings is 1. The van der Waals surface area contributed by atoms with E-state index in [-0.39, 0.29) is 11.6 Å². The summed E-state index contributed by atoms with van der Waals surface area (Å²) in [4.78, 5) is 10.3. The Morgan fingerprint density at radius 3 is 2.79 bits per heavy atom. The van der Waals surface area contributed by atoms with Gasteiger partial charge in [0, 0.05) is 22.6 Å². The van der Waals surface area contributed by atoms with E-state index in [0.717, 1.165) is 0 Å². The molecule has 0 aromatic heterocycles. The maximum atomic E-state index is 10.7. The molecule has 0 bridgehead atoms. The van der Waals surface area contributed by atoms with E-state index in [1.807, 2.05) is 6.92 Å². The summed E-state index contributed by atoms with van der Waals surface area (Å²) < 4.78 is 0. The quantitative estimate of drug-likeness (QED) is 0.620. The Labute approximate surface area is 86.8 Å². The number of hydrogen-bond acceptors (Lipinski definition) is 3. The molecular formula is C9H11ClN2O2. The fraction of sp³-hybridized carbons (Fsp3) is 0.333. The number of nitrogens with two attached hydrogens (primary N) is 1. The lowest BCUT2D eigenvalue weighted by molar-refractivity contribution is -0.385. The third-order valence-corrected chi connectivity index (χ3v) is 2.31. The summed E-state index contributed by atoms with van der Waals surface area (Å²) in [6.45, 7) is 2.19. The number of nitrogens with zero attached hydrogens (tertiary/aromatic N) is 1. The molecule has 1 atom stereocenters. The van der Waals surface area contributed by atoms with Crippen molar-refractivity contribution < 1.29 is 4.92 Å². The third-order valence-electron chi connectivity index (χ3n) is 2.07. The van der Waals surface area contributed by atoms with Crippen molar-refractivity contribution in [2.45, 2.75) is 12.8 Å². The Balaban J connectivity index is 3.22. The highest BCUT2D eigenvalue weighted by Crippen LogP contribution is 2.28. The molecule has 1 aromatic rings. The summed E-state index contributed by atoms with van der Waals surface area (Å²) in [7, 11) is 0. The third kappa shape index (κ3) is 2.21. The lowest BCUT2D eigenvalue weighted by Gasteiger charge is -2.09. The van der Waals surface area contributed by atoms with Gasteiger partial charge in [0.2, 0.25) is 0 Å². The van der Waals surface area contributed by atoms with Crippen molar-refractivity contribution in [1.82, 2.24) is 0 Å². The van der Waals surface area contributed by atoms with Gasteiger partial charge in [-0.25, -0.2) is 0 Å². The maximum Gasteiger partial charge on any atom is 0.273 e. The molecule has 1 unspecified atom stereocenters. The molecule has 0 aliphatic heterocycles. The number of hydrogen-bond donors (Lipinski definition) is 1. The van der Waals surface area contributed by atoms with Crippen molar-refractivity contribution in [2.24, 2.45) is 5.73 Å². The summed E-state index contributed by atoms with van der Waals surface area (Å²) in [6.07, 6.45) is 0. The highest BCUT2D eigenvalue weighted by molar-refractivity contribution is 6.30. The lowest BCUT2D eigenvalue weighted by atomic mass is 10.00. The van der Waals surface area contributed by atoms with Crippen LogP contribution in [0.15, 0.2) is 18.2 Å². The van der Waals surface area contributed by atoms with E-state index < -0.39 is 4.92 Å². The van der Waals surface area contributed by atoms with E-state index in [1.54, 1.807) is 6.07 Å². The fourth-order valence-electron chi connectivity index (χ4n) is 1.21. The van der Waals surface area contributed by atoms with Crippen LogP contribution in [0.2, 0.25) is 5.02 Å². The largest absolute Gasteiger partial charge is 0.330 e. The Kier molecular flexibility index (Phi) is 3.43. The van der Waals surface area contributed by atoms with Gasteiger partial charge in [-0.2, -0.15) is 0 Å². The van der Waals surface area contributed by atoms with Crippen molar-refractivity contribution in [3.8, 4) is 0 Å². The normalized spacial score (nSPS) is 12.5. The zero-order valence-electron chi connectivity index (χ0n) is 7.74. The van der Waals surface area contributed by atoms with Gasteiger partial charge in [-0.15, -0.1) is 0 Å². The Morgan fingerprint density at radius 2 is 2.29 bits per heavy atom. The molecule has 0 saturated carbocycles. The second-order valence-electron chi connectivity index (χ2n) is 3.10. The predicted molar refractivity (Wildman–Crippen MR) is 55.6 cm³/mol. The molecule has 4 nitrogen and oxygen atoms in total. The first-order valence-corrected chi connectivity index (χ1v) is 4.58. The van der Waals surface area contributed by atoms with Crippen LogP contribution in [-0.2, 0) is 0 Å². The smallest absolute Gasteiger partial charge is 0.273 e. The van der Waals surface area contributed by atoms with Crippen LogP contribution in [0, 0.1) is 10.1 Å². The van der Waals surface area contributed by atoms with E-state index in [4.69, 9.17) is 17.3 Å². The molecule has 0 fully saturated rings. The fourth-order valence-corrected chi connectivity index (χ4v) is 1.39. The first-order chi connectivity index (χ1) is 6.56. The van der Waals surface area contributed by atoms with Gasteiger partial charge < -0.3 is 5.73 Å². The van der Waals surface area contributed by atoms with Crippen LogP contribution in [0.25, 0.3) is 0 Å². The molecule has 1 rings (SSSR count). The number of nitro benzene ring substituents is 1. The van der Waals surface area contributed by atoms with Crippen molar-refractivity contribution in [3.05, 3.63) is 38.9 Å². The minimum Gasteiger partial charge on any atom is -0.330 e.